The molecule has 0 aromatic heterocycles. The summed E-state index contributed by atoms with van der Waals surface area (Å²) in [5.74, 6) is 0.454. The maximum absolute atomic E-state index is 11.3. The lowest BCUT2D eigenvalue weighted by Crippen LogP contribution is -2.26. The van der Waals surface area contributed by atoms with Gasteiger partial charge in [-0.05, 0) is 30.7 Å². The third-order valence-electron chi connectivity index (χ3n) is 2.57. The molecule has 17 heavy (non-hydrogen) atoms. The minimum absolute atomic E-state index is 0.323. The van der Waals surface area contributed by atoms with Crippen molar-refractivity contribution in [3.8, 4) is 0 Å². The molecule has 0 atom stereocenters. The number of carbonyl (C=O) groups excluding carboxylic acids is 1. The van der Waals surface area contributed by atoms with Crippen LogP contribution in [-0.2, 0) is 4.74 Å². The van der Waals surface area contributed by atoms with Gasteiger partial charge >= 0.3 is 5.97 Å². The van der Waals surface area contributed by atoms with Crippen LogP contribution in [0.2, 0.25) is 0 Å². The minimum Gasteiger partial charge on any atom is -0.465 e. The van der Waals surface area contributed by atoms with Crippen LogP contribution in [-0.4, -0.2) is 32.1 Å². The standard InChI is InChI=1S/C12H15N3O2/c1-8-7-9(11(16)17-2)3-4-10(8)15-12-13-5-6-14-12/h3-4,7H,5-6H2,1-2H3,(H2,13,14,15). The molecule has 90 valence electrons. The van der Waals surface area contributed by atoms with E-state index in [2.05, 4.69) is 20.4 Å². The first-order valence-electron chi connectivity index (χ1n) is 5.45. The summed E-state index contributed by atoms with van der Waals surface area (Å²) in [5.41, 5.74) is 2.46. The summed E-state index contributed by atoms with van der Waals surface area (Å²) in [6.07, 6.45) is 0. The van der Waals surface area contributed by atoms with Crippen molar-refractivity contribution in [1.82, 2.24) is 5.32 Å². The molecule has 0 saturated heterocycles. The Morgan fingerprint density at radius 3 is 2.94 bits per heavy atom. The maximum atomic E-state index is 11.3. The molecule has 0 aliphatic carbocycles. The second kappa shape index (κ2) is 4.86. The number of methoxy groups -OCH3 is 1. The van der Waals surface area contributed by atoms with Crippen molar-refractivity contribution in [2.45, 2.75) is 6.92 Å². The molecule has 1 aliphatic heterocycles. The molecule has 5 nitrogen and oxygen atoms in total. The highest BCUT2D eigenvalue weighted by Crippen LogP contribution is 2.17. The maximum Gasteiger partial charge on any atom is 0.337 e. The van der Waals surface area contributed by atoms with Gasteiger partial charge in [0.1, 0.15) is 0 Å². The molecule has 1 aromatic carbocycles. The van der Waals surface area contributed by atoms with Gasteiger partial charge in [0.15, 0.2) is 5.96 Å². The second-order valence-corrected chi connectivity index (χ2v) is 3.80. The van der Waals surface area contributed by atoms with Gasteiger partial charge in [-0.3, -0.25) is 4.99 Å². The Morgan fingerprint density at radius 1 is 1.53 bits per heavy atom. The van der Waals surface area contributed by atoms with E-state index in [1.807, 2.05) is 13.0 Å². The fourth-order valence-corrected chi connectivity index (χ4v) is 1.66. The number of carbonyl (C=O) groups is 1. The summed E-state index contributed by atoms with van der Waals surface area (Å²) < 4.78 is 4.67. The van der Waals surface area contributed by atoms with Crippen LogP contribution in [0.3, 0.4) is 0 Å². The number of aryl methyl sites for hydroxylation is 1. The highest BCUT2D eigenvalue weighted by molar-refractivity contribution is 5.96. The molecule has 0 spiro atoms. The molecule has 2 N–H and O–H groups in total. The molecule has 0 radical (unpaired) electrons. The van der Waals surface area contributed by atoms with E-state index in [0.717, 1.165) is 30.3 Å². The molecule has 1 aliphatic rings. The average molecular weight is 233 g/mol. The van der Waals surface area contributed by atoms with Crippen molar-refractivity contribution in [1.29, 1.82) is 0 Å². The first-order chi connectivity index (χ1) is 8.20. The van der Waals surface area contributed by atoms with Crippen LogP contribution >= 0.6 is 0 Å². The van der Waals surface area contributed by atoms with Gasteiger partial charge in [0.05, 0.1) is 19.2 Å². The molecular weight excluding hydrogens is 218 g/mol. The molecule has 2 rings (SSSR count). The summed E-state index contributed by atoms with van der Waals surface area (Å²) in [4.78, 5) is 15.6. The average Bonchev–Trinajstić information content (AvgIpc) is 2.83. The zero-order valence-electron chi connectivity index (χ0n) is 9.91. The zero-order chi connectivity index (χ0) is 12.3. The van der Waals surface area contributed by atoms with Crippen LogP contribution in [0, 0.1) is 6.92 Å². The Hall–Kier alpha value is -2.04. The van der Waals surface area contributed by atoms with E-state index < -0.39 is 0 Å². The van der Waals surface area contributed by atoms with E-state index in [1.165, 1.54) is 7.11 Å². The minimum atomic E-state index is -0.323. The van der Waals surface area contributed by atoms with Crippen molar-refractivity contribution in [2.24, 2.45) is 4.99 Å². The van der Waals surface area contributed by atoms with Crippen LogP contribution < -0.4 is 10.6 Å². The van der Waals surface area contributed by atoms with Gasteiger partial charge in [-0.25, -0.2) is 4.79 Å². The molecule has 0 saturated carbocycles. The lowest BCUT2D eigenvalue weighted by atomic mass is 10.1. The molecule has 0 unspecified atom stereocenters. The molecule has 0 fully saturated rings. The van der Waals surface area contributed by atoms with Gasteiger partial charge in [-0.15, -0.1) is 0 Å². The van der Waals surface area contributed by atoms with Crippen LogP contribution in [0.15, 0.2) is 23.2 Å². The Bertz CT molecular complexity index is 469. The zero-order valence-corrected chi connectivity index (χ0v) is 9.91. The monoisotopic (exact) mass is 233 g/mol. The SMILES string of the molecule is COC(=O)c1ccc(NC2=NCCN2)c(C)c1. The van der Waals surface area contributed by atoms with Gasteiger partial charge in [0.2, 0.25) is 0 Å². The molecule has 1 heterocycles. The van der Waals surface area contributed by atoms with E-state index in [0.29, 0.717) is 5.56 Å². The lowest BCUT2D eigenvalue weighted by Gasteiger charge is -2.10. The Labute approximate surface area is 99.9 Å². The van der Waals surface area contributed by atoms with Gasteiger partial charge < -0.3 is 15.4 Å². The highest BCUT2D eigenvalue weighted by atomic mass is 16.5. The van der Waals surface area contributed by atoms with Crippen molar-refractivity contribution in [3.05, 3.63) is 29.3 Å². The molecule has 0 bridgehead atoms. The fraction of sp³-hybridized carbons (Fsp3) is 0.333. The van der Waals surface area contributed by atoms with E-state index in [1.54, 1.807) is 12.1 Å². The smallest absolute Gasteiger partial charge is 0.337 e. The number of nitrogens with zero attached hydrogens (tertiary/aromatic N) is 1. The summed E-state index contributed by atoms with van der Waals surface area (Å²) in [6, 6.07) is 5.38. The summed E-state index contributed by atoms with van der Waals surface area (Å²) in [5, 5.41) is 6.31. The molecule has 0 amide bonds. The molecule has 1 aromatic rings. The number of hydrogen-bond acceptors (Lipinski definition) is 5. The molecule has 5 heteroatoms. The predicted octanol–water partition coefficient (Wildman–Crippen LogP) is 1.15. The van der Waals surface area contributed by atoms with Crippen molar-refractivity contribution < 1.29 is 9.53 Å². The topological polar surface area (TPSA) is 62.7 Å². The number of hydrogen-bond donors (Lipinski definition) is 2. The number of guanidine groups is 1. The van der Waals surface area contributed by atoms with E-state index >= 15 is 0 Å². The number of ether oxygens (including phenoxy) is 1. The number of nitrogens with one attached hydrogen (secondary N) is 2. The largest absolute Gasteiger partial charge is 0.465 e. The van der Waals surface area contributed by atoms with Gasteiger partial charge in [0, 0.05) is 12.2 Å². The van der Waals surface area contributed by atoms with Crippen molar-refractivity contribution in [3.63, 3.8) is 0 Å². The Balaban J connectivity index is 2.16. The quantitative estimate of drug-likeness (QED) is 0.752. The highest BCUT2D eigenvalue weighted by Gasteiger charge is 2.10. The number of aliphatic imine (C=N–C) groups is 1. The number of anilines is 1. The Kier molecular flexibility index (Phi) is 3.27. The second-order valence-electron chi connectivity index (χ2n) is 3.80. The third kappa shape index (κ3) is 2.55. The lowest BCUT2D eigenvalue weighted by molar-refractivity contribution is 0.0600. The van der Waals surface area contributed by atoms with Gasteiger partial charge in [-0.1, -0.05) is 0 Å². The van der Waals surface area contributed by atoms with Gasteiger partial charge in [0.25, 0.3) is 0 Å². The van der Waals surface area contributed by atoms with E-state index in [9.17, 15) is 4.79 Å². The summed E-state index contributed by atoms with van der Waals surface area (Å²) in [7, 11) is 1.38. The molecular formula is C12H15N3O2. The fourth-order valence-electron chi connectivity index (χ4n) is 1.66. The first kappa shape index (κ1) is 11.4. The number of rotatable bonds is 2. The Morgan fingerprint density at radius 2 is 2.35 bits per heavy atom. The number of esters is 1. The summed E-state index contributed by atoms with van der Waals surface area (Å²) >= 11 is 0. The summed E-state index contributed by atoms with van der Waals surface area (Å²) in [6.45, 7) is 3.59. The normalized spacial score (nSPS) is 13.9. The number of benzene rings is 1. The first-order valence-corrected chi connectivity index (χ1v) is 5.45. The van der Waals surface area contributed by atoms with Gasteiger partial charge in [-0.2, -0.15) is 0 Å². The van der Waals surface area contributed by atoms with Crippen LogP contribution in [0.4, 0.5) is 5.69 Å². The van der Waals surface area contributed by atoms with Crippen molar-refractivity contribution in [2.75, 3.05) is 25.5 Å². The van der Waals surface area contributed by atoms with Crippen LogP contribution in [0.5, 0.6) is 0 Å². The van der Waals surface area contributed by atoms with Crippen LogP contribution in [0.1, 0.15) is 15.9 Å². The van der Waals surface area contributed by atoms with E-state index in [4.69, 9.17) is 0 Å². The van der Waals surface area contributed by atoms with E-state index in [-0.39, 0.29) is 5.97 Å². The van der Waals surface area contributed by atoms with Crippen LogP contribution in [0.25, 0.3) is 0 Å². The predicted molar refractivity (Wildman–Crippen MR) is 66.4 cm³/mol. The van der Waals surface area contributed by atoms with Crippen molar-refractivity contribution >= 4 is 17.6 Å². The third-order valence-corrected chi connectivity index (χ3v) is 2.57.